The molecule has 1 aromatic carbocycles. The first-order valence-electron chi connectivity index (χ1n) is 6.28. The van der Waals surface area contributed by atoms with Crippen LogP contribution in [0.25, 0.3) is 0 Å². The molecule has 1 aliphatic heterocycles. The Morgan fingerprint density at radius 2 is 2.20 bits per heavy atom. The van der Waals surface area contributed by atoms with Crippen LogP contribution in [0, 0.1) is 0 Å². The van der Waals surface area contributed by atoms with Gasteiger partial charge < -0.3 is 14.9 Å². The van der Waals surface area contributed by atoms with Crippen LogP contribution in [0.4, 0.5) is 0 Å². The second-order valence-electron chi connectivity index (χ2n) is 4.59. The van der Waals surface area contributed by atoms with Crippen molar-refractivity contribution < 1.29 is 24.5 Å². The van der Waals surface area contributed by atoms with E-state index in [1.54, 1.807) is 18.2 Å². The number of ether oxygens (including phenoxy) is 1. The highest BCUT2D eigenvalue weighted by Gasteiger charge is 2.23. The number of rotatable bonds is 4. The summed E-state index contributed by atoms with van der Waals surface area (Å²) in [6.45, 7) is 1.77. The predicted molar refractivity (Wildman–Crippen MR) is 75.0 cm³/mol. The number of aliphatic hydroxyl groups is 2. The third-order valence-electron chi connectivity index (χ3n) is 3.05. The number of ketones is 1. The van der Waals surface area contributed by atoms with Crippen LogP contribution in [-0.2, 0) is 4.79 Å². The summed E-state index contributed by atoms with van der Waals surface area (Å²) in [4.78, 5) is 22.6. The van der Waals surface area contributed by atoms with E-state index in [-0.39, 0.29) is 16.7 Å². The van der Waals surface area contributed by atoms with Crippen molar-refractivity contribution in [3.05, 3.63) is 29.3 Å². The molecular formula is C14H16O5S. The van der Waals surface area contributed by atoms with E-state index in [2.05, 4.69) is 0 Å². The number of hydrogen-bond donors (Lipinski definition) is 2. The summed E-state index contributed by atoms with van der Waals surface area (Å²) >= 11 is 0.951. The highest BCUT2D eigenvalue weighted by Crippen LogP contribution is 2.29. The molecule has 2 unspecified atom stereocenters. The molecule has 0 bridgehead atoms. The minimum absolute atomic E-state index is 0.0344. The van der Waals surface area contributed by atoms with Crippen molar-refractivity contribution >= 4 is 22.7 Å². The molecule has 0 amide bonds. The number of benzene rings is 1. The van der Waals surface area contributed by atoms with Gasteiger partial charge in [0.1, 0.15) is 11.9 Å². The SMILES string of the molecule is CC(=O)SCC(O)C(O)c1ccc2c(c1)C(=O)CCO2. The number of hydrogen-bond acceptors (Lipinski definition) is 6. The monoisotopic (exact) mass is 296 g/mol. The van der Waals surface area contributed by atoms with E-state index in [4.69, 9.17) is 4.74 Å². The maximum absolute atomic E-state index is 11.8. The maximum Gasteiger partial charge on any atom is 0.185 e. The van der Waals surface area contributed by atoms with E-state index >= 15 is 0 Å². The van der Waals surface area contributed by atoms with Gasteiger partial charge in [0.25, 0.3) is 0 Å². The Bertz CT molecular complexity index is 528. The number of thioether (sulfide) groups is 1. The molecule has 0 saturated carbocycles. The number of Topliss-reactive ketones (excluding diaryl/α,β-unsaturated/α-hetero) is 1. The predicted octanol–water partition coefficient (Wildman–Crippen LogP) is 1.33. The first-order valence-corrected chi connectivity index (χ1v) is 7.27. The summed E-state index contributed by atoms with van der Waals surface area (Å²) in [6, 6.07) is 4.78. The smallest absolute Gasteiger partial charge is 0.185 e. The maximum atomic E-state index is 11.8. The fourth-order valence-electron chi connectivity index (χ4n) is 1.98. The van der Waals surface area contributed by atoms with Crippen LogP contribution in [0.15, 0.2) is 18.2 Å². The molecule has 0 spiro atoms. The van der Waals surface area contributed by atoms with E-state index < -0.39 is 12.2 Å². The van der Waals surface area contributed by atoms with E-state index in [9.17, 15) is 19.8 Å². The third-order valence-corrected chi connectivity index (χ3v) is 3.97. The van der Waals surface area contributed by atoms with E-state index in [0.29, 0.717) is 29.9 Å². The normalized spacial score (nSPS) is 17.1. The Balaban J connectivity index is 2.14. The molecule has 5 nitrogen and oxygen atoms in total. The Hall–Kier alpha value is -1.37. The number of carbonyl (C=O) groups excluding carboxylic acids is 2. The average molecular weight is 296 g/mol. The van der Waals surface area contributed by atoms with E-state index in [1.165, 1.54) is 6.92 Å². The van der Waals surface area contributed by atoms with Gasteiger partial charge in [-0.3, -0.25) is 9.59 Å². The molecule has 2 rings (SSSR count). The number of carbonyl (C=O) groups is 2. The van der Waals surface area contributed by atoms with Crippen LogP contribution in [0.2, 0.25) is 0 Å². The summed E-state index contributed by atoms with van der Waals surface area (Å²) in [5.41, 5.74) is 0.874. The van der Waals surface area contributed by atoms with Gasteiger partial charge in [-0.25, -0.2) is 0 Å². The second-order valence-corrected chi connectivity index (χ2v) is 5.79. The van der Waals surface area contributed by atoms with Gasteiger partial charge in [0.05, 0.1) is 18.3 Å². The summed E-state index contributed by atoms with van der Waals surface area (Å²) in [5.74, 6) is 0.579. The Labute approximate surface area is 120 Å². The van der Waals surface area contributed by atoms with Gasteiger partial charge in [-0.15, -0.1) is 0 Å². The molecular weight excluding hydrogens is 280 g/mol. The van der Waals surface area contributed by atoms with Crippen molar-refractivity contribution in [1.29, 1.82) is 0 Å². The zero-order valence-corrected chi connectivity index (χ0v) is 11.9. The molecule has 1 aromatic rings. The Morgan fingerprint density at radius 1 is 1.45 bits per heavy atom. The molecule has 0 saturated heterocycles. The van der Waals surface area contributed by atoms with E-state index in [0.717, 1.165) is 11.8 Å². The third kappa shape index (κ3) is 3.39. The molecule has 1 heterocycles. The Morgan fingerprint density at radius 3 is 2.90 bits per heavy atom. The lowest BCUT2D eigenvalue weighted by atomic mass is 9.98. The van der Waals surface area contributed by atoms with Gasteiger partial charge in [-0.2, -0.15) is 0 Å². The first kappa shape index (κ1) is 15.0. The molecule has 0 fully saturated rings. The van der Waals surface area contributed by atoms with Crippen LogP contribution in [0.1, 0.15) is 35.4 Å². The highest BCUT2D eigenvalue weighted by molar-refractivity contribution is 8.13. The fraction of sp³-hybridized carbons (Fsp3) is 0.429. The lowest BCUT2D eigenvalue weighted by molar-refractivity contribution is -0.109. The topological polar surface area (TPSA) is 83.8 Å². The van der Waals surface area contributed by atoms with Crippen molar-refractivity contribution in [1.82, 2.24) is 0 Å². The highest BCUT2D eigenvalue weighted by atomic mass is 32.2. The molecule has 2 atom stereocenters. The Kier molecular flexibility index (Phi) is 4.80. The van der Waals surface area contributed by atoms with Crippen molar-refractivity contribution in [3.63, 3.8) is 0 Å². The molecule has 6 heteroatoms. The summed E-state index contributed by atoms with van der Waals surface area (Å²) in [6.07, 6.45) is -1.89. The van der Waals surface area contributed by atoms with Gasteiger partial charge in [0, 0.05) is 19.1 Å². The first-order chi connectivity index (χ1) is 9.49. The molecule has 108 valence electrons. The van der Waals surface area contributed by atoms with Crippen LogP contribution in [0.5, 0.6) is 5.75 Å². The van der Waals surface area contributed by atoms with Crippen LogP contribution in [-0.4, -0.2) is 39.6 Å². The van der Waals surface area contributed by atoms with Crippen molar-refractivity contribution in [3.8, 4) is 5.75 Å². The van der Waals surface area contributed by atoms with Crippen LogP contribution < -0.4 is 4.74 Å². The molecule has 0 radical (unpaired) electrons. The minimum Gasteiger partial charge on any atom is -0.492 e. The van der Waals surface area contributed by atoms with Gasteiger partial charge in [-0.1, -0.05) is 17.8 Å². The second kappa shape index (κ2) is 6.39. The largest absolute Gasteiger partial charge is 0.492 e. The van der Waals surface area contributed by atoms with E-state index in [1.807, 2.05) is 0 Å². The summed E-state index contributed by atoms with van der Waals surface area (Å²) < 4.78 is 5.35. The van der Waals surface area contributed by atoms with Gasteiger partial charge in [0.15, 0.2) is 10.9 Å². The lowest BCUT2D eigenvalue weighted by Gasteiger charge is -2.21. The minimum atomic E-state index is -1.14. The number of fused-ring (bicyclic) bond motifs is 1. The quantitative estimate of drug-likeness (QED) is 0.872. The van der Waals surface area contributed by atoms with Crippen LogP contribution >= 0.6 is 11.8 Å². The van der Waals surface area contributed by atoms with Crippen molar-refractivity contribution in [2.24, 2.45) is 0 Å². The summed E-state index contributed by atoms with van der Waals surface area (Å²) in [5, 5.41) is 19.8. The molecule has 20 heavy (non-hydrogen) atoms. The molecule has 0 aromatic heterocycles. The lowest BCUT2D eigenvalue weighted by Crippen LogP contribution is -2.22. The zero-order valence-electron chi connectivity index (χ0n) is 11.0. The van der Waals surface area contributed by atoms with Gasteiger partial charge in [0.2, 0.25) is 0 Å². The fourth-order valence-corrected chi connectivity index (χ4v) is 2.57. The molecule has 1 aliphatic rings. The standard InChI is InChI=1S/C14H16O5S/c1-8(15)20-7-12(17)14(18)9-2-3-13-10(6-9)11(16)4-5-19-13/h2-3,6,12,14,17-18H,4-5,7H2,1H3. The van der Waals surface area contributed by atoms with Gasteiger partial charge in [-0.05, 0) is 17.7 Å². The van der Waals surface area contributed by atoms with Crippen molar-refractivity contribution in [2.45, 2.75) is 25.6 Å². The summed E-state index contributed by atoms with van der Waals surface area (Å²) in [7, 11) is 0. The van der Waals surface area contributed by atoms with Crippen LogP contribution in [0.3, 0.4) is 0 Å². The molecule has 2 N–H and O–H groups in total. The zero-order chi connectivity index (χ0) is 14.7. The average Bonchev–Trinajstić information content (AvgIpc) is 2.44. The van der Waals surface area contributed by atoms with Gasteiger partial charge >= 0.3 is 0 Å². The van der Waals surface area contributed by atoms with Crippen molar-refractivity contribution in [2.75, 3.05) is 12.4 Å². The number of aliphatic hydroxyl groups excluding tert-OH is 2. The molecule has 0 aliphatic carbocycles.